The molecule has 0 fully saturated rings. The molecule has 0 radical (unpaired) electrons. The third kappa shape index (κ3) is 3.08. The summed E-state index contributed by atoms with van der Waals surface area (Å²) >= 11 is 6.63. The minimum absolute atomic E-state index is 0.0744. The molecule has 1 aromatic carbocycles. The van der Waals surface area contributed by atoms with E-state index in [0.717, 1.165) is 14.5 Å². The van der Waals surface area contributed by atoms with Gasteiger partial charge >= 0.3 is 5.97 Å². The summed E-state index contributed by atoms with van der Waals surface area (Å²) in [5, 5.41) is 8.60. The second-order valence-corrected chi connectivity index (χ2v) is 4.64. The smallest absolute Gasteiger partial charge is 0.305 e. The van der Waals surface area contributed by atoms with Gasteiger partial charge in [0.25, 0.3) is 0 Å². The molecule has 5 heteroatoms. The van der Waals surface area contributed by atoms with Crippen LogP contribution < -0.4 is 5.73 Å². The lowest BCUT2D eigenvalue weighted by Gasteiger charge is -2.11. The number of hydrogen-bond donors (Lipinski definition) is 2. The van der Waals surface area contributed by atoms with Crippen molar-refractivity contribution in [3.8, 4) is 0 Å². The molecule has 1 unspecified atom stereocenters. The maximum absolute atomic E-state index is 10.5. The van der Waals surface area contributed by atoms with Gasteiger partial charge < -0.3 is 10.8 Å². The lowest BCUT2D eigenvalue weighted by molar-refractivity contribution is -0.137. The van der Waals surface area contributed by atoms with Gasteiger partial charge in [-0.25, -0.2) is 0 Å². The Bertz CT molecular complexity index is 355. The molecule has 3 nitrogen and oxygen atoms in total. The van der Waals surface area contributed by atoms with E-state index < -0.39 is 12.0 Å². The molecule has 3 N–H and O–H groups in total. The second kappa shape index (κ2) is 4.91. The van der Waals surface area contributed by atoms with E-state index in [1.165, 1.54) is 0 Å². The van der Waals surface area contributed by atoms with Crippen LogP contribution in [0.1, 0.15) is 18.0 Å². The summed E-state index contributed by atoms with van der Waals surface area (Å²) in [6.07, 6.45) is -0.0744. The third-order valence-corrected chi connectivity index (χ3v) is 2.97. The van der Waals surface area contributed by atoms with Gasteiger partial charge in [0, 0.05) is 15.0 Å². The summed E-state index contributed by atoms with van der Waals surface area (Å²) < 4.78 is 1.71. The molecule has 0 aromatic heterocycles. The highest BCUT2D eigenvalue weighted by atomic mass is 79.9. The fourth-order valence-corrected chi connectivity index (χ4v) is 2.02. The first-order chi connectivity index (χ1) is 6.50. The Balaban J connectivity index is 2.93. The molecule has 0 saturated heterocycles. The maximum Gasteiger partial charge on any atom is 0.305 e. The van der Waals surface area contributed by atoms with Gasteiger partial charge in [-0.1, -0.05) is 31.9 Å². The number of benzene rings is 1. The van der Waals surface area contributed by atoms with Crippen LogP contribution in [0.5, 0.6) is 0 Å². The fraction of sp³-hybridized carbons (Fsp3) is 0.222. The Morgan fingerprint density at radius 1 is 1.50 bits per heavy atom. The Morgan fingerprint density at radius 2 is 2.14 bits per heavy atom. The average Bonchev–Trinajstić information content (AvgIpc) is 2.08. The zero-order valence-corrected chi connectivity index (χ0v) is 10.4. The number of halogens is 2. The highest BCUT2D eigenvalue weighted by molar-refractivity contribution is 9.11. The molecular formula is C9H9Br2NO2. The fourth-order valence-electron chi connectivity index (χ4n) is 1.10. The third-order valence-electron chi connectivity index (χ3n) is 1.75. The highest BCUT2D eigenvalue weighted by Crippen LogP contribution is 2.27. The average molecular weight is 323 g/mol. The standard InChI is InChI=1S/C9H9Br2NO2/c10-5-1-2-7(11)6(3-5)8(12)4-9(13)14/h1-3,8H,4,12H2,(H,13,14). The predicted octanol–water partition coefficient (Wildman–Crippen LogP) is 2.69. The molecule has 0 spiro atoms. The molecule has 0 heterocycles. The molecule has 0 aliphatic rings. The minimum atomic E-state index is -0.899. The molecule has 14 heavy (non-hydrogen) atoms. The van der Waals surface area contributed by atoms with Crippen molar-refractivity contribution in [1.29, 1.82) is 0 Å². The SMILES string of the molecule is NC(CC(=O)O)c1cc(Br)ccc1Br. The zero-order chi connectivity index (χ0) is 10.7. The van der Waals surface area contributed by atoms with Gasteiger partial charge in [-0.2, -0.15) is 0 Å². The van der Waals surface area contributed by atoms with Crippen molar-refractivity contribution in [1.82, 2.24) is 0 Å². The first kappa shape index (κ1) is 11.7. The van der Waals surface area contributed by atoms with E-state index in [0.29, 0.717) is 0 Å². The predicted molar refractivity (Wildman–Crippen MR) is 61.0 cm³/mol. The number of carboxylic acid groups (broad SMARTS) is 1. The van der Waals surface area contributed by atoms with E-state index in [1.807, 2.05) is 18.2 Å². The van der Waals surface area contributed by atoms with Crippen LogP contribution in [0.2, 0.25) is 0 Å². The molecule has 1 aromatic rings. The van der Waals surface area contributed by atoms with Gasteiger partial charge in [0.15, 0.2) is 0 Å². The molecule has 0 amide bonds. The van der Waals surface area contributed by atoms with Crippen molar-refractivity contribution in [3.05, 3.63) is 32.7 Å². The lowest BCUT2D eigenvalue weighted by Crippen LogP contribution is -2.15. The molecule has 0 saturated carbocycles. The van der Waals surface area contributed by atoms with Crippen molar-refractivity contribution < 1.29 is 9.90 Å². The summed E-state index contributed by atoms with van der Waals surface area (Å²) in [5.41, 5.74) is 6.53. The quantitative estimate of drug-likeness (QED) is 0.899. The van der Waals surface area contributed by atoms with Gasteiger partial charge in [-0.3, -0.25) is 4.79 Å². The maximum atomic E-state index is 10.5. The van der Waals surface area contributed by atoms with Gasteiger partial charge in [0.1, 0.15) is 0 Å². The molecule has 1 atom stereocenters. The largest absolute Gasteiger partial charge is 0.481 e. The molecule has 1 rings (SSSR count). The Labute approximate surface area is 98.6 Å². The van der Waals surface area contributed by atoms with Crippen molar-refractivity contribution in [2.75, 3.05) is 0 Å². The normalized spacial score (nSPS) is 12.5. The van der Waals surface area contributed by atoms with E-state index in [2.05, 4.69) is 31.9 Å². The Kier molecular flexibility index (Phi) is 4.10. The van der Waals surface area contributed by atoms with Gasteiger partial charge in [-0.05, 0) is 23.8 Å². The van der Waals surface area contributed by atoms with Crippen LogP contribution in [0.4, 0.5) is 0 Å². The number of hydrogen-bond acceptors (Lipinski definition) is 2. The van der Waals surface area contributed by atoms with E-state index >= 15 is 0 Å². The summed E-state index contributed by atoms with van der Waals surface area (Å²) in [7, 11) is 0. The second-order valence-electron chi connectivity index (χ2n) is 2.87. The van der Waals surface area contributed by atoms with Gasteiger partial charge in [0.05, 0.1) is 6.42 Å². The minimum Gasteiger partial charge on any atom is -0.481 e. The summed E-state index contributed by atoms with van der Waals surface area (Å²) in [5.74, 6) is -0.899. The van der Waals surface area contributed by atoms with Crippen LogP contribution in [-0.4, -0.2) is 11.1 Å². The van der Waals surface area contributed by atoms with E-state index in [9.17, 15) is 4.79 Å². The summed E-state index contributed by atoms with van der Waals surface area (Å²) in [6, 6.07) is 5.03. The van der Waals surface area contributed by atoms with Crippen molar-refractivity contribution >= 4 is 37.8 Å². The van der Waals surface area contributed by atoms with Crippen LogP contribution in [0.15, 0.2) is 27.1 Å². The zero-order valence-electron chi connectivity index (χ0n) is 7.21. The Hall–Kier alpha value is -0.390. The first-order valence-corrected chi connectivity index (χ1v) is 5.51. The van der Waals surface area contributed by atoms with E-state index in [1.54, 1.807) is 0 Å². The number of carbonyl (C=O) groups is 1. The summed E-state index contributed by atoms with van der Waals surface area (Å²) in [4.78, 5) is 10.5. The molecule has 76 valence electrons. The van der Waals surface area contributed by atoms with Crippen LogP contribution in [0, 0.1) is 0 Å². The first-order valence-electron chi connectivity index (χ1n) is 3.93. The number of nitrogens with two attached hydrogens (primary N) is 1. The number of rotatable bonds is 3. The molecule has 0 aliphatic heterocycles. The Morgan fingerprint density at radius 3 is 2.71 bits per heavy atom. The summed E-state index contributed by atoms with van der Waals surface area (Å²) in [6.45, 7) is 0. The van der Waals surface area contributed by atoms with Crippen LogP contribution >= 0.6 is 31.9 Å². The van der Waals surface area contributed by atoms with Gasteiger partial charge in [-0.15, -0.1) is 0 Å². The topological polar surface area (TPSA) is 63.3 Å². The lowest BCUT2D eigenvalue weighted by atomic mass is 10.1. The van der Waals surface area contributed by atoms with Crippen molar-refractivity contribution in [2.45, 2.75) is 12.5 Å². The van der Waals surface area contributed by atoms with Crippen LogP contribution in [0.25, 0.3) is 0 Å². The van der Waals surface area contributed by atoms with Crippen molar-refractivity contribution in [2.24, 2.45) is 5.73 Å². The molecule has 0 bridgehead atoms. The van der Waals surface area contributed by atoms with Crippen molar-refractivity contribution in [3.63, 3.8) is 0 Å². The number of aliphatic carboxylic acids is 1. The van der Waals surface area contributed by atoms with E-state index in [-0.39, 0.29) is 6.42 Å². The van der Waals surface area contributed by atoms with Crippen LogP contribution in [-0.2, 0) is 4.79 Å². The van der Waals surface area contributed by atoms with Crippen LogP contribution in [0.3, 0.4) is 0 Å². The van der Waals surface area contributed by atoms with Gasteiger partial charge in [0.2, 0.25) is 0 Å². The van der Waals surface area contributed by atoms with E-state index in [4.69, 9.17) is 10.8 Å². The molecule has 0 aliphatic carbocycles. The monoisotopic (exact) mass is 321 g/mol. The molecular weight excluding hydrogens is 314 g/mol. The number of carboxylic acids is 1. The highest BCUT2D eigenvalue weighted by Gasteiger charge is 2.13.